The summed E-state index contributed by atoms with van der Waals surface area (Å²) in [5, 5.41) is 3.00. The smallest absolute Gasteiger partial charge is 0.268 e. The van der Waals surface area contributed by atoms with Crippen LogP contribution in [0.2, 0.25) is 0 Å². The molecule has 0 saturated carbocycles. The fourth-order valence-electron chi connectivity index (χ4n) is 5.38. The third-order valence-corrected chi connectivity index (χ3v) is 7.51. The first-order valence-electron chi connectivity index (χ1n) is 13.5. The lowest BCUT2D eigenvalue weighted by molar-refractivity contribution is 0.0941. The van der Waals surface area contributed by atoms with Crippen LogP contribution in [0.25, 0.3) is 11.1 Å². The molecule has 3 aromatic carbocycles. The molecule has 0 atom stereocenters. The highest BCUT2D eigenvalue weighted by Gasteiger charge is 2.27. The zero-order chi connectivity index (χ0) is 28.3. The molecule has 2 aromatic heterocycles. The van der Waals surface area contributed by atoms with E-state index in [9.17, 15) is 9.59 Å². The van der Waals surface area contributed by atoms with E-state index >= 15 is 0 Å². The summed E-state index contributed by atoms with van der Waals surface area (Å²) in [5.41, 5.74) is 7.90. The number of nitrogens with one attached hydrogen (secondary N) is 1. The predicted octanol–water partition coefficient (Wildman–Crippen LogP) is 6.01. The van der Waals surface area contributed by atoms with Crippen LogP contribution < -0.4 is 15.0 Å². The van der Waals surface area contributed by atoms with Gasteiger partial charge in [-0.25, -0.2) is 0 Å². The van der Waals surface area contributed by atoms with E-state index in [0.29, 0.717) is 30.9 Å². The molecule has 0 spiro atoms. The van der Waals surface area contributed by atoms with Crippen LogP contribution in [0, 0.1) is 6.92 Å². The number of fused-ring (bicyclic) bond motifs is 2. The van der Waals surface area contributed by atoms with Gasteiger partial charge in [0.2, 0.25) is 0 Å². The van der Waals surface area contributed by atoms with Gasteiger partial charge in [-0.05, 0) is 83.3 Å². The quantitative estimate of drug-likeness (QED) is 0.285. The second-order valence-corrected chi connectivity index (χ2v) is 10.1. The SMILES string of the molecule is COc1cccc(-c2ccc(C(=O)N3Cc4ccc(C(=O)NCc5cccnc5)n4Cc4ccccc43)cc2C)c1. The van der Waals surface area contributed by atoms with E-state index < -0.39 is 0 Å². The Morgan fingerprint density at radius 1 is 0.927 bits per heavy atom. The summed E-state index contributed by atoms with van der Waals surface area (Å²) in [7, 11) is 1.65. The van der Waals surface area contributed by atoms with Gasteiger partial charge in [-0.1, -0.05) is 42.5 Å². The molecule has 204 valence electrons. The van der Waals surface area contributed by atoms with E-state index in [1.807, 2.05) is 107 Å². The lowest BCUT2D eigenvalue weighted by atomic mass is 9.97. The highest BCUT2D eigenvalue weighted by atomic mass is 16.5. The van der Waals surface area contributed by atoms with Crippen LogP contribution in [0.1, 0.15) is 43.2 Å². The lowest BCUT2D eigenvalue weighted by Crippen LogP contribution is -2.30. The Bertz CT molecular complexity index is 1740. The topological polar surface area (TPSA) is 76.5 Å². The number of ether oxygens (including phenoxy) is 1. The fraction of sp³-hybridized carbons (Fsp3) is 0.147. The van der Waals surface area contributed by atoms with Gasteiger partial charge in [0.25, 0.3) is 11.8 Å². The van der Waals surface area contributed by atoms with Gasteiger partial charge in [0.15, 0.2) is 0 Å². The second-order valence-electron chi connectivity index (χ2n) is 10.1. The van der Waals surface area contributed by atoms with Crippen molar-refractivity contribution in [1.29, 1.82) is 0 Å². The first-order valence-corrected chi connectivity index (χ1v) is 13.5. The minimum Gasteiger partial charge on any atom is -0.497 e. The molecule has 2 amide bonds. The number of hydrogen-bond donors (Lipinski definition) is 1. The van der Waals surface area contributed by atoms with Crippen LogP contribution in [0.15, 0.2) is 103 Å². The summed E-state index contributed by atoms with van der Waals surface area (Å²) in [5.74, 6) is 0.535. The monoisotopic (exact) mass is 542 g/mol. The Morgan fingerprint density at radius 3 is 2.61 bits per heavy atom. The number of pyridine rings is 1. The van der Waals surface area contributed by atoms with E-state index in [-0.39, 0.29) is 11.8 Å². The van der Waals surface area contributed by atoms with Crippen LogP contribution in [0.5, 0.6) is 5.75 Å². The highest BCUT2D eigenvalue weighted by molar-refractivity contribution is 6.07. The molecule has 1 aliphatic rings. The number of benzene rings is 3. The van der Waals surface area contributed by atoms with Gasteiger partial charge in [0.1, 0.15) is 11.4 Å². The van der Waals surface area contributed by atoms with E-state index in [2.05, 4.69) is 10.3 Å². The van der Waals surface area contributed by atoms with Gasteiger partial charge in [-0.15, -0.1) is 0 Å². The normalized spacial score (nSPS) is 12.2. The standard InChI is InChI=1S/C34H30N4O3/c1-23-17-26(12-14-30(23)25-9-5-10-29(18-25)41-2)34(40)38-22-28-13-15-32(33(39)36-20-24-7-6-16-35-19-24)37(28)21-27-8-3-4-11-31(27)38/h3-19H,20-22H2,1-2H3,(H,36,39). The molecule has 5 aromatic rings. The predicted molar refractivity (Wildman–Crippen MR) is 159 cm³/mol. The molecular formula is C34H30N4O3. The zero-order valence-corrected chi connectivity index (χ0v) is 23.0. The van der Waals surface area contributed by atoms with Crippen LogP contribution in [0.4, 0.5) is 5.69 Å². The number of para-hydroxylation sites is 1. The van der Waals surface area contributed by atoms with Crippen LogP contribution in [-0.2, 0) is 19.6 Å². The van der Waals surface area contributed by atoms with Crippen molar-refractivity contribution in [1.82, 2.24) is 14.9 Å². The van der Waals surface area contributed by atoms with Crippen molar-refractivity contribution in [2.75, 3.05) is 12.0 Å². The van der Waals surface area contributed by atoms with Crippen molar-refractivity contribution < 1.29 is 14.3 Å². The van der Waals surface area contributed by atoms with Crippen molar-refractivity contribution >= 4 is 17.5 Å². The maximum absolute atomic E-state index is 14.0. The second kappa shape index (κ2) is 11.1. The minimum absolute atomic E-state index is 0.0880. The molecule has 0 fully saturated rings. The summed E-state index contributed by atoms with van der Waals surface area (Å²) in [6.07, 6.45) is 3.45. The van der Waals surface area contributed by atoms with Crippen LogP contribution >= 0.6 is 0 Å². The molecule has 0 saturated heterocycles. The Morgan fingerprint density at radius 2 is 1.80 bits per heavy atom. The Hall–Kier alpha value is -5.17. The number of amides is 2. The summed E-state index contributed by atoms with van der Waals surface area (Å²) in [6.45, 7) is 3.25. The van der Waals surface area contributed by atoms with Gasteiger partial charge < -0.3 is 19.5 Å². The van der Waals surface area contributed by atoms with Crippen molar-refractivity contribution in [3.63, 3.8) is 0 Å². The Labute approximate surface area is 239 Å². The number of aryl methyl sites for hydroxylation is 1. The lowest BCUT2D eigenvalue weighted by Gasteiger charge is -2.23. The molecule has 1 aliphatic heterocycles. The molecule has 0 aliphatic carbocycles. The van der Waals surface area contributed by atoms with Gasteiger partial charge in [-0.3, -0.25) is 14.6 Å². The van der Waals surface area contributed by atoms with E-state index in [0.717, 1.165) is 44.9 Å². The van der Waals surface area contributed by atoms with E-state index in [4.69, 9.17) is 4.74 Å². The zero-order valence-electron chi connectivity index (χ0n) is 23.0. The summed E-state index contributed by atoms with van der Waals surface area (Å²) in [4.78, 5) is 33.2. The van der Waals surface area contributed by atoms with E-state index in [1.54, 1.807) is 19.5 Å². The molecule has 3 heterocycles. The van der Waals surface area contributed by atoms with Crippen molar-refractivity contribution in [3.8, 4) is 16.9 Å². The largest absolute Gasteiger partial charge is 0.497 e. The summed E-state index contributed by atoms with van der Waals surface area (Å²) >= 11 is 0. The number of aromatic nitrogens is 2. The average molecular weight is 543 g/mol. The van der Waals surface area contributed by atoms with Crippen molar-refractivity contribution in [3.05, 3.63) is 137 Å². The average Bonchev–Trinajstić information content (AvgIpc) is 3.33. The number of methoxy groups -OCH3 is 1. The van der Waals surface area contributed by atoms with Crippen LogP contribution in [-0.4, -0.2) is 28.5 Å². The first kappa shape index (κ1) is 26.1. The molecular weight excluding hydrogens is 512 g/mol. The molecule has 6 rings (SSSR count). The fourth-order valence-corrected chi connectivity index (χ4v) is 5.38. The number of hydrogen-bond acceptors (Lipinski definition) is 4. The van der Waals surface area contributed by atoms with Gasteiger partial charge in [0.05, 0.1) is 20.2 Å². The third kappa shape index (κ3) is 5.22. The molecule has 7 nitrogen and oxygen atoms in total. The summed E-state index contributed by atoms with van der Waals surface area (Å²) < 4.78 is 7.39. The molecule has 0 bridgehead atoms. The number of anilines is 1. The molecule has 7 heteroatoms. The van der Waals surface area contributed by atoms with Gasteiger partial charge in [0, 0.05) is 35.9 Å². The molecule has 41 heavy (non-hydrogen) atoms. The highest BCUT2D eigenvalue weighted by Crippen LogP contribution is 2.32. The Balaban J connectivity index is 1.29. The molecule has 0 unspecified atom stereocenters. The first-order chi connectivity index (χ1) is 20.0. The van der Waals surface area contributed by atoms with Crippen molar-refractivity contribution in [2.45, 2.75) is 26.6 Å². The van der Waals surface area contributed by atoms with Crippen molar-refractivity contribution in [2.24, 2.45) is 0 Å². The third-order valence-electron chi connectivity index (χ3n) is 7.51. The molecule has 0 radical (unpaired) electrons. The van der Waals surface area contributed by atoms with Gasteiger partial charge in [-0.2, -0.15) is 0 Å². The summed E-state index contributed by atoms with van der Waals surface area (Å²) in [6, 6.07) is 29.2. The van der Waals surface area contributed by atoms with Crippen LogP contribution in [0.3, 0.4) is 0 Å². The number of carbonyl (C=O) groups is 2. The van der Waals surface area contributed by atoms with E-state index in [1.165, 1.54) is 0 Å². The molecule has 1 N–H and O–H groups in total. The maximum Gasteiger partial charge on any atom is 0.268 e. The number of nitrogens with zero attached hydrogens (tertiary/aromatic N) is 3. The Kier molecular flexibility index (Phi) is 7.08. The minimum atomic E-state index is -0.166. The van der Waals surface area contributed by atoms with Gasteiger partial charge >= 0.3 is 0 Å². The maximum atomic E-state index is 14.0. The number of carbonyl (C=O) groups excluding carboxylic acids is 2. The number of rotatable bonds is 6.